The number of hydrogen-bond acceptors (Lipinski definition) is 3. The van der Waals surface area contributed by atoms with Gasteiger partial charge in [-0.1, -0.05) is 60.3 Å². The molecule has 4 nitrogen and oxygen atoms in total. The van der Waals surface area contributed by atoms with E-state index >= 15 is 0 Å². The summed E-state index contributed by atoms with van der Waals surface area (Å²) in [5.41, 5.74) is 12.3. The summed E-state index contributed by atoms with van der Waals surface area (Å²) in [4.78, 5) is 11.3. The molecule has 0 aliphatic carbocycles. The molecule has 5 heterocycles. The van der Waals surface area contributed by atoms with Crippen molar-refractivity contribution in [2.24, 2.45) is 4.99 Å². The molecule has 0 fully saturated rings. The molecule has 10 rings (SSSR count). The molecular weight excluding hydrogens is 569 g/mol. The molecule has 212 valence electrons. The van der Waals surface area contributed by atoms with Crippen LogP contribution in [0, 0.1) is 0 Å². The van der Waals surface area contributed by atoms with Crippen LogP contribution in [0.5, 0.6) is 0 Å². The minimum absolute atomic E-state index is 0.820. The number of aromatic nitrogens is 3. The summed E-state index contributed by atoms with van der Waals surface area (Å²) in [5, 5.41) is 5.19. The Morgan fingerprint density at radius 3 is 2.16 bits per heavy atom. The Bertz CT molecular complexity index is 2570. The zero-order chi connectivity index (χ0) is 29.5. The first-order chi connectivity index (χ1) is 22.3. The Hall–Kier alpha value is -5.39. The van der Waals surface area contributed by atoms with E-state index in [1.807, 2.05) is 30.4 Å². The summed E-state index contributed by atoms with van der Waals surface area (Å²) >= 11 is 1.88. The fourth-order valence-corrected chi connectivity index (χ4v) is 8.50. The molecule has 2 aliphatic heterocycles. The highest BCUT2D eigenvalue weighted by atomic mass is 32.2. The van der Waals surface area contributed by atoms with Crippen molar-refractivity contribution in [1.29, 1.82) is 0 Å². The zero-order valence-corrected chi connectivity index (χ0v) is 25.1. The van der Waals surface area contributed by atoms with Crippen LogP contribution in [-0.4, -0.2) is 26.9 Å². The lowest BCUT2D eigenvalue weighted by molar-refractivity contribution is 1.02. The van der Waals surface area contributed by atoms with Gasteiger partial charge in [-0.25, -0.2) is 0 Å². The number of nitrogens with zero attached hydrogens (tertiary/aromatic N) is 4. The highest BCUT2D eigenvalue weighted by molar-refractivity contribution is 7.99. The van der Waals surface area contributed by atoms with E-state index in [-0.39, 0.29) is 0 Å². The van der Waals surface area contributed by atoms with Crippen LogP contribution in [0.3, 0.4) is 0 Å². The summed E-state index contributed by atoms with van der Waals surface area (Å²) in [5.74, 6) is 0. The largest absolute Gasteiger partial charge is 0.309 e. The van der Waals surface area contributed by atoms with Crippen LogP contribution in [0.15, 0.2) is 142 Å². The van der Waals surface area contributed by atoms with E-state index in [2.05, 4.69) is 134 Å². The minimum atomic E-state index is 0.820. The van der Waals surface area contributed by atoms with E-state index in [1.165, 1.54) is 75.8 Å². The molecule has 0 radical (unpaired) electrons. The molecular formula is C40H26N4S. The minimum Gasteiger partial charge on any atom is -0.309 e. The van der Waals surface area contributed by atoms with Crippen LogP contribution in [0.1, 0.15) is 12.0 Å². The van der Waals surface area contributed by atoms with Gasteiger partial charge >= 0.3 is 0 Å². The second-order valence-electron chi connectivity index (χ2n) is 11.8. The normalized spacial score (nSPS) is 14.0. The fraction of sp³-hybridized carbons (Fsp3) is 0.0500. The second kappa shape index (κ2) is 9.55. The second-order valence-corrected chi connectivity index (χ2v) is 12.9. The van der Waals surface area contributed by atoms with Gasteiger partial charge in [0.05, 0.1) is 27.8 Å². The molecule has 8 aromatic rings. The average Bonchev–Trinajstić information content (AvgIpc) is 3.63. The number of hydrogen-bond donors (Lipinski definition) is 0. The summed E-state index contributed by atoms with van der Waals surface area (Å²) in [6.07, 6.45) is 8.80. The molecule has 0 spiro atoms. The smallest absolute Gasteiger partial charge is 0.0688 e. The Kier molecular flexibility index (Phi) is 5.31. The highest BCUT2D eigenvalue weighted by Crippen LogP contribution is 2.51. The predicted molar refractivity (Wildman–Crippen MR) is 188 cm³/mol. The van der Waals surface area contributed by atoms with E-state index in [0.717, 1.165) is 24.2 Å². The highest BCUT2D eigenvalue weighted by Gasteiger charge is 2.27. The summed E-state index contributed by atoms with van der Waals surface area (Å²) in [7, 11) is 0. The van der Waals surface area contributed by atoms with E-state index in [9.17, 15) is 0 Å². The number of rotatable bonds is 3. The van der Waals surface area contributed by atoms with Gasteiger partial charge in [-0.2, -0.15) is 0 Å². The quantitative estimate of drug-likeness (QED) is 0.204. The monoisotopic (exact) mass is 594 g/mol. The first-order valence-corrected chi connectivity index (χ1v) is 16.2. The van der Waals surface area contributed by atoms with Gasteiger partial charge in [0.2, 0.25) is 0 Å². The number of fused-ring (bicyclic) bond motifs is 9. The predicted octanol–water partition coefficient (Wildman–Crippen LogP) is 10.3. The maximum atomic E-state index is 4.46. The Morgan fingerprint density at radius 1 is 0.600 bits per heavy atom. The first kappa shape index (κ1) is 25.0. The lowest BCUT2D eigenvalue weighted by Crippen LogP contribution is -2.02. The van der Waals surface area contributed by atoms with Gasteiger partial charge in [0.1, 0.15) is 0 Å². The molecule has 3 aromatic heterocycles. The standard InChI is InChI=1S/C40H26N4S/c1-3-9-32-30(7-1)38-35(24-37-40-39(38)31-8-2-4-10-33(31)44(40)34-11-5-6-12-36(34)45-37)43(32)29-22-27(25-13-17-41-18-14-25)21-28(23-29)26-15-19-42-20-16-26/h1-15,17-19,21-24H,16,20H2. The first-order valence-electron chi connectivity index (χ1n) is 15.4. The molecule has 45 heavy (non-hydrogen) atoms. The molecule has 0 atom stereocenters. The number of pyridine rings is 1. The Morgan fingerprint density at radius 2 is 1.33 bits per heavy atom. The number of dihydropyridines is 1. The molecule has 5 heteroatoms. The maximum Gasteiger partial charge on any atom is 0.0688 e. The van der Waals surface area contributed by atoms with Crippen molar-refractivity contribution in [2.75, 3.05) is 6.54 Å². The van der Waals surface area contributed by atoms with Gasteiger partial charge in [-0.3, -0.25) is 9.98 Å². The summed E-state index contributed by atoms with van der Waals surface area (Å²) in [6, 6.07) is 40.2. The lowest BCUT2D eigenvalue weighted by atomic mass is 9.96. The lowest BCUT2D eigenvalue weighted by Gasteiger charge is -2.20. The number of aliphatic imine (C=N–C) groups is 1. The third kappa shape index (κ3) is 3.62. The van der Waals surface area contributed by atoms with Crippen LogP contribution in [-0.2, 0) is 0 Å². The Labute approximate surface area is 264 Å². The van der Waals surface area contributed by atoms with Gasteiger partial charge in [0.25, 0.3) is 0 Å². The average molecular weight is 595 g/mol. The van der Waals surface area contributed by atoms with E-state index in [4.69, 9.17) is 0 Å². The van der Waals surface area contributed by atoms with Crippen molar-refractivity contribution in [3.8, 4) is 22.5 Å². The van der Waals surface area contributed by atoms with Gasteiger partial charge in [0.15, 0.2) is 0 Å². The van der Waals surface area contributed by atoms with Crippen molar-refractivity contribution in [3.63, 3.8) is 0 Å². The maximum absolute atomic E-state index is 4.46. The fourth-order valence-electron chi connectivity index (χ4n) is 7.39. The van der Waals surface area contributed by atoms with Crippen molar-refractivity contribution in [2.45, 2.75) is 16.2 Å². The van der Waals surface area contributed by atoms with Gasteiger partial charge in [-0.05, 0) is 95.4 Å². The number of benzene rings is 5. The van der Waals surface area contributed by atoms with Crippen LogP contribution < -0.4 is 0 Å². The van der Waals surface area contributed by atoms with E-state index in [0.29, 0.717) is 0 Å². The van der Waals surface area contributed by atoms with Crippen LogP contribution in [0.2, 0.25) is 0 Å². The zero-order valence-electron chi connectivity index (χ0n) is 24.3. The topological polar surface area (TPSA) is 35.1 Å². The van der Waals surface area contributed by atoms with Crippen molar-refractivity contribution in [1.82, 2.24) is 14.1 Å². The van der Waals surface area contributed by atoms with Gasteiger partial charge < -0.3 is 9.13 Å². The van der Waals surface area contributed by atoms with Crippen LogP contribution in [0.4, 0.5) is 0 Å². The van der Waals surface area contributed by atoms with Crippen LogP contribution >= 0.6 is 11.8 Å². The third-order valence-corrected chi connectivity index (χ3v) is 10.4. The molecule has 0 amide bonds. The third-order valence-electron chi connectivity index (χ3n) is 9.32. The molecule has 0 bridgehead atoms. The van der Waals surface area contributed by atoms with Gasteiger partial charge in [0, 0.05) is 62.2 Å². The SMILES string of the molecule is C1=NCCC(c2cc(-c3ccncc3)cc(-n3c4ccccc4c4c5c6ccccc6n6c5c(cc43)Sc3ccccc3-6)c2)=C1. The van der Waals surface area contributed by atoms with E-state index in [1.54, 1.807) is 0 Å². The van der Waals surface area contributed by atoms with Crippen LogP contribution in [0.25, 0.3) is 71.7 Å². The molecule has 2 aliphatic rings. The van der Waals surface area contributed by atoms with Crippen molar-refractivity contribution < 1.29 is 0 Å². The number of para-hydroxylation sites is 3. The Balaban J connectivity index is 1.36. The summed E-state index contributed by atoms with van der Waals surface area (Å²) < 4.78 is 4.97. The molecule has 0 saturated carbocycles. The number of allylic oxidation sites excluding steroid dienone is 1. The van der Waals surface area contributed by atoms with Crippen molar-refractivity contribution in [3.05, 3.63) is 133 Å². The summed E-state index contributed by atoms with van der Waals surface area (Å²) in [6.45, 7) is 0.820. The molecule has 0 unspecified atom stereocenters. The molecule has 0 N–H and O–H groups in total. The van der Waals surface area contributed by atoms with E-state index < -0.39 is 0 Å². The van der Waals surface area contributed by atoms with Gasteiger partial charge in [-0.15, -0.1) is 0 Å². The van der Waals surface area contributed by atoms with Crippen molar-refractivity contribution >= 4 is 67.2 Å². The molecule has 5 aromatic carbocycles. The molecule has 0 saturated heterocycles.